The summed E-state index contributed by atoms with van der Waals surface area (Å²) in [5.74, 6) is -0.506. The van der Waals surface area contributed by atoms with Gasteiger partial charge in [0.1, 0.15) is 0 Å². The summed E-state index contributed by atoms with van der Waals surface area (Å²) in [4.78, 5) is 9.47. The van der Waals surface area contributed by atoms with E-state index in [0.717, 1.165) is 6.07 Å². The first-order valence-corrected chi connectivity index (χ1v) is 7.74. The molecular weight excluding hydrogens is 343 g/mol. The van der Waals surface area contributed by atoms with Gasteiger partial charge in [0.25, 0.3) is 5.78 Å². The minimum Gasteiger partial charge on any atom is -0.378 e. The summed E-state index contributed by atoms with van der Waals surface area (Å²) in [6.07, 6.45) is 1.21. The summed E-state index contributed by atoms with van der Waals surface area (Å²) < 4.78 is 69.1. The molecule has 1 aliphatic heterocycles. The largest absolute Gasteiger partial charge is 0.534 e. The fourth-order valence-electron chi connectivity index (χ4n) is 1.85. The molecule has 0 amide bonds. The number of nitrogens with zero attached hydrogens (tertiary/aromatic N) is 5. The number of hydrogen-bond acceptors (Lipinski definition) is 8. The summed E-state index contributed by atoms with van der Waals surface area (Å²) >= 11 is 0. The third-order valence-corrected chi connectivity index (χ3v) is 3.90. The zero-order chi connectivity index (χ0) is 16.7. The lowest BCUT2D eigenvalue weighted by Gasteiger charge is -2.25. The van der Waals surface area contributed by atoms with Crippen molar-refractivity contribution in [3.05, 3.63) is 12.3 Å². The third kappa shape index (κ3) is 3.14. The Bertz CT molecular complexity index is 816. The first kappa shape index (κ1) is 15.7. The molecule has 1 saturated heterocycles. The first-order valence-electron chi connectivity index (χ1n) is 6.33. The summed E-state index contributed by atoms with van der Waals surface area (Å²) in [6.45, 7) is 2.12. The third-order valence-electron chi connectivity index (χ3n) is 2.94. The van der Waals surface area contributed by atoms with E-state index in [4.69, 9.17) is 4.74 Å². The SMILES string of the molecule is O=S(=O)(Oc1ccn2nc(N3CCOCC3)nc2n1)C(F)(F)F. The zero-order valence-corrected chi connectivity index (χ0v) is 12.2. The Hall–Kier alpha value is -2.15. The molecule has 0 bridgehead atoms. The van der Waals surface area contributed by atoms with Crippen LogP contribution in [0.2, 0.25) is 0 Å². The summed E-state index contributed by atoms with van der Waals surface area (Å²) in [5.41, 5.74) is -5.53. The monoisotopic (exact) mass is 353 g/mol. The quantitative estimate of drug-likeness (QED) is 0.570. The van der Waals surface area contributed by atoms with Gasteiger partial charge in [0, 0.05) is 25.4 Å². The highest BCUT2D eigenvalue weighted by molar-refractivity contribution is 7.87. The molecule has 9 nitrogen and oxygen atoms in total. The standard InChI is InChI=1S/C10H10F3N5O4S/c11-10(12,13)23(19,20)22-7-1-2-18-8(14-7)15-9(16-18)17-3-5-21-6-4-17/h1-2H,3-6H2. The number of hydrogen-bond donors (Lipinski definition) is 0. The molecule has 0 radical (unpaired) electrons. The fraction of sp³-hybridized carbons (Fsp3) is 0.500. The minimum absolute atomic E-state index is 0.0821. The van der Waals surface area contributed by atoms with Gasteiger partial charge in [-0.15, -0.1) is 5.10 Å². The van der Waals surface area contributed by atoms with E-state index >= 15 is 0 Å². The van der Waals surface area contributed by atoms with E-state index in [1.807, 2.05) is 4.90 Å². The van der Waals surface area contributed by atoms with Crippen molar-refractivity contribution in [1.82, 2.24) is 19.6 Å². The second kappa shape index (κ2) is 5.49. The second-order valence-corrected chi connectivity index (χ2v) is 6.04. The number of morpholine rings is 1. The van der Waals surface area contributed by atoms with Crippen LogP contribution in [0.25, 0.3) is 5.78 Å². The topological polar surface area (TPSA) is 98.9 Å². The normalized spacial score (nSPS) is 16.7. The Morgan fingerprint density at radius 3 is 2.57 bits per heavy atom. The van der Waals surface area contributed by atoms with E-state index in [0.29, 0.717) is 32.3 Å². The van der Waals surface area contributed by atoms with Gasteiger partial charge in [-0.3, -0.25) is 0 Å². The lowest BCUT2D eigenvalue weighted by atomic mass is 10.4. The number of anilines is 1. The van der Waals surface area contributed by atoms with Crippen LogP contribution in [0.5, 0.6) is 5.88 Å². The van der Waals surface area contributed by atoms with Gasteiger partial charge in [0.2, 0.25) is 11.8 Å². The summed E-state index contributed by atoms with van der Waals surface area (Å²) in [5, 5.41) is 4.11. The first-order chi connectivity index (χ1) is 10.8. The molecule has 0 aliphatic carbocycles. The smallest absolute Gasteiger partial charge is 0.378 e. The maximum Gasteiger partial charge on any atom is 0.534 e. The predicted molar refractivity (Wildman–Crippen MR) is 69.4 cm³/mol. The van der Waals surface area contributed by atoms with E-state index in [1.165, 1.54) is 10.7 Å². The lowest BCUT2D eigenvalue weighted by molar-refractivity contribution is -0.0501. The van der Waals surface area contributed by atoms with Gasteiger partial charge in [0.05, 0.1) is 13.2 Å². The predicted octanol–water partition coefficient (Wildman–Crippen LogP) is 0.189. The van der Waals surface area contributed by atoms with Crippen molar-refractivity contribution < 1.29 is 30.5 Å². The molecular formula is C10H10F3N5O4S. The van der Waals surface area contributed by atoms with Crippen LogP contribution in [0.3, 0.4) is 0 Å². The van der Waals surface area contributed by atoms with E-state index in [-0.39, 0.29) is 5.78 Å². The van der Waals surface area contributed by atoms with Crippen molar-refractivity contribution in [2.45, 2.75) is 5.51 Å². The molecule has 23 heavy (non-hydrogen) atoms. The Morgan fingerprint density at radius 1 is 1.22 bits per heavy atom. The van der Waals surface area contributed by atoms with Crippen molar-refractivity contribution >= 4 is 21.8 Å². The highest BCUT2D eigenvalue weighted by Crippen LogP contribution is 2.26. The average Bonchev–Trinajstić information content (AvgIpc) is 2.90. The van der Waals surface area contributed by atoms with Crippen LogP contribution in [0.4, 0.5) is 19.1 Å². The van der Waals surface area contributed by atoms with Crippen molar-refractivity contribution in [2.75, 3.05) is 31.2 Å². The fourth-order valence-corrected chi connectivity index (χ4v) is 2.27. The molecule has 0 saturated carbocycles. The maximum absolute atomic E-state index is 12.3. The molecule has 1 aliphatic rings. The van der Waals surface area contributed by atoms with Gasteiger partial charge in [-0.05, 0) is 0 Å². The molecule has 126 valence electrons. The molecule has 1 fully saturated rings. The van der Waals surface area contributed by atoms with Gasteiger partial charge >= 0.3 is 15.6 Å². The van der Waals surface area contributed by atoms with Gasteiger partial charge in [-0.2, -0.15) is 31.6 Å². The van der Waals surface area contributed by atoms with Gasteiger partial charge in [-0.25, -0.2) is 4.52 Å². The number of ether oxygens (including phenoxy) is 1. The Balaban J connectivity index is 1.87. The van der Waals surface area contributed by atoms with Crippen LogP contribution in [-0.2, 0) is 14.9 Å². The van der Waals surface area contributed by atoms with Crippen LogP contribution < -0.4 is 9.08 Å². The molecule has 0 spiro atoms. The minimum atomic E-state index is -5.78. The Kier molecular flexibility index (Phi) is 3.75. The molecule has 13 heteroatoms. The van der Waals surface area contributed by atoms with Crippen LogP contribution in [0, 0.1) is 0 Å². The maximum atomic E-state index is 12.3. The molecule has 0 aromatic carbocycles. The molecule has 0 N–H and O–H groups in total. The average molecular weight is 353 g/mol. The summed E-state index contributed by atoms with van der Waals surface area (Å²) in [6, 6.07) is 0.952. The van der Waals surface area contributed by atoms with Crippen LogP contribution in [-0.4, -0.2) is 59.8 Å². The number of halogens is 3. The Morgan fingerprint density at radius 2 is 1.91 bits per heavy atom. The number of fused-ring (bicyclic) bond motifs is 1. The number of aromatic nitrogens is 4. The molecule has 3 rings (SSSR count). The van der Waals surface area contributed by atoms with Crippen LogP contribution >= 0.6 is 0 Å². The van der Waals surface area contributed by atoms with E-state index < -0.39 is 21.5 Å². The van der Waals surface area contributed by atoms with E-state index in [1.54, 1.807) is 0 Å². The molecule has 3 heterocycles. The van der Waals surface area contributed by atoms with Gasteiger partial charge in [-0.1, -0.05) is 0 Å². The lowest BCUT2D eigenvalue weighted by Crippen LogP contribution is -2.36. The van der Waals surface area contributed by atoms with Crippen molar-refractivity contribution in [2.24, 2.45) is 0 Å². The molecule has 2 aromatic rings. The molecule has 0 atom stereocenters. The second-order valence-electron chi connectivity index (χ2n) is 4.50. The van der Waals surface area contributed by atoms with Crippen LogP contribution in [0.1, 0.15) is 0 Å². The molecule has 2 aromatic heterocycles. The Labute approximate surface area is 127 Å². The van der Waals surface area contributed by atoms with Crippen LogP contribution in [0.15, 0.2) is 12.3 Å². The van der Waals surface area contributed by atoms with E-state index in [2.05, 4.69) is 19.2 Å². The number of rotatable bonds is 3. The van der Waals surface area contributed by atoms with E-state index in [9.17, 15) is 21.6 Å². The number of alkyl halides is 3. The molecule has 0 unspecified atom stereocenters. The zero-order valence-electron chi connectivity index (χ0n) is 11.4. The van der Waals surface area contributed by atoms with Gasteiger partial charge in [0.15, 0.2) is 0 Å². The highest BCUT2D eigenvalue weighted by Gasteiger charge is 2.48. The highest BCUT2D eigenvalue weighted by atomic mass is 32.2. The van der Waals surface area contributed by atoms with Crippen molar-refractivity contribution in [3.8, 4) is 5.88 Å². The summed E-state index contributed by atoms with van der Waals surface area (Å²) in [7, 11) is -5.78. The van der Waals surface area contributed by atoms with Crippen molar-refractivity contribution in [3.63, 3.8) is 0 Å². The van der Waals surface area contributed by atoms with Gasteiger partial charge < -0.3 is 13.8 Å². The van der Waals surface area contributed by atoms with Crippen molar-refractivity contribution in [1.29, 1.82) is 0 Å².